The minimum Gasteiger partial charge on any atom is -0.0990 e. The summed E-state index contributed by atoms with van der Waals surface area (Å²) in [6.45, 7) is 23.5. The zero-order valence-corrected chi connectivity index (χ0v) is 14.6. The molecule has 0 aliphatic carbocycles. The first-order valence-electron chi connectivity index (χ1n) is 7.52. The molecule has 0 unspecified atom stereocenters. The lowest BCUT2D eigenvalue weighted by molar-refractivity contribution is 1.23. The Labute approximate surface area is 123 Å². The highest BCUT2D eigenvalue weighted by atomic mass is 14.0. The summed E-state index contributed by atoms with van der Waals surface area (Å²) in [6.07, 6.45) is 12.9. The Morgan fingerprint density at radius 1 is 0.895 bits per heavy atom. The van der Waals surface area contributed by atoms with E-state index in [1.807, 2.05) is 67.5 Å². The highest BCUT2D eigenvalue weighted by Gasteiger charge is 1.96. The molecule has 0 saturated carbocycles. The van der Waals surface area contributed by atoms with Crippen molar-refractivity contribution >= 4 is 0 Å². The van der Waals surface area contributed by atoms with Gasteiger partial charge in [0, 0.05) is 0 Å². The van der Waals surface area contributed by atoms with Crippen LogP contribution in [0.3, 0.4) is 0 Å². The Hall–Kier alpha value is -1.30. The molecular weight excluding hydrogens is 228 g/mol. The van der Waals surface area contributed by atoms with Crippen LogP contribution in [0.1, 0.15) is 61.8 Å². The zero-order valence-electron chi connectivity index (χ0n) is 14.6. The number of hydrogen-bond donors (Lipinski definition) is 0. The molecule has 0 radical (unpaired) electrons. The van der Waals surface area contributed by atoms with Crippen molar-refractivity contribution in [3.05, 3.63) is 60.8 Å². The molecule has 0 heterocycles. The van der Waals surface area contributed by atoms with E-state index in [9.17, 15) is 0 Å². The van der Waals surface area contributed by atoms with Crippen LogP contribution in [0.15, 0.2) is 60.8 Å². The van der Waals surface area contributed by atoms with Crippen molar-refractivity contribution in [1.29, 1.82) is 0 Å². The maximum Gasteiger partial charge on any atom is -0.00949 e. The molecule has 0 aliphatic rings. The molecule has 0 amide bonds. The van der Waals surface area contributed by atoms with Crippen LogP contribution < -0.4 is 0 Å². The monoisotopic (exact) mass is 264 g/mol. The lowest BCUT2D eigenvalue weighted by Gasteiger charge is -2.03. The average Bonchev–Trinajstić information content (AvgIpc) is 2.52. The van der Waals surface area contributed by atoms with Crippen LogP contribution in [0.4, 0.5) is 0 Å². The molecule has 0 rings (SSSR count). The van der Waals surface area contributed by atoms with Gasteiger partial charge in [-0.05, 0) is 31.4 Å². The zero-order chi connectivity index (χ0) is 16.1. The van der Waals surface area contributed by atoms with Crippen molar-refractivity contribution < 1.29 is 0 Å². The molecule has 0 nitrogen and oxygen atoms in total. The molecule has 0 aromatic heterocycles. The standard InChI is InChI=1S/C13H18.3C2H6/c1-5-9-11-13(8-4)12(7-3)10-6-2;3*1-2/h5-10H,2-3,11H2,1,4H3;3*1-2H3/b9-5?,12-10-,13-8-;;;. The third kappa shape index (κ3) is 19.2. The van der Waals surface area contributed by atoms with Crippen LogP contribution in [-0.4, -0.2) is 0 Å². The van der Waals surface area contributed by atoms with Gasteiger partial charge in [-0.25, -0.2) is 0 Å². The Morgan fingerprint density at radius 2 is 1.37 bits per heavy atom. The first-order valence-corrected chi connectivity index (χ1v) is 7.52. The van der Waals surface area contributed by atoms with E-state index < -0.39 is 0 Å². The maximum absolute atomic E-state index is 3.78. The van der Waals surface area contributed by atoms with Gasteiger partial charge in [-0.15, -0.1) is 0 Å². The van der Waals surface area contributed by atoms with Gasteiger partial charge in [0.15, 0.2) is 0 Å². The minimum atomic E-state index is 0.957. The summed E-state index contributed by atoms with van der Waals surface area (Å²) in [7, 11) is 0. The normalized spacial score (nSPS) is 10.1. The highest BCUT2D eigenvalue weighted by molar-refractivity contribution is 5.41. The van der Waals surface area contributed by atoms with Crippen LogP contribution in [0.2, 0.25) is 0 Å². The lowest BCUT2D eigenvalue weighted by Crippen LogP contribution is -1.84. The quantitative estimate of drug-likeness (QED) is 0.361. The summed E-state index contributed by atoms with van der Waals surface area (Å²) >= 11 is 0. The predicted octanol–water partition coefficient (Wildman–Crippen LogP) is 7.28. The van der Waals surface area contributed by atoms with Crippen molar-refractivity contribution in [1.82, 2.24) is 0 Å². The van der Waals surface area contributed by atoms with Crippen molar-refractivity contribution in [2.75, 3.05) is 0 Å². The minimum absolute atomic E-state index is 0.957. The van der Waals surface area contributed by atoms with E-state index in [4.69, 9.17) is 0 Å². The third-order valence-electron chi connectivity index (χ3n) is 1.81. The second-order valence-electron chi connectivity index (χ2n) is 2.65. The van der Waals surface area contributed by atoms with Gasteiger partial charge in [0.2, 0.25) is 0 Å². The summed E-state index contributed by atoms with van der Waals surface area (Å²) in [5.41, 5.74) is 2.43. The first kappa shape index (κ1) is 26.3. The summed E-state index contributed by atoms with van der Waals surface area (Å²) in [4.78, 5) is 0. The van der Waals surface area contributed by atoms with Crippen molar-refractivity contribution in [2.45, 2.75) is 61.8 Å². The topological polar surface area (TPSA) is 0 Å². The Bertz CT molecular complexity index is 249. The van der Waals surface area contributed by atoms with Gasteiger partial charge in [-0.1, -0.05) is 91.2 Å². The van der Waals surface area contributed by atoms with E-state index in [1.165, 1.54) is 5.57 Å². The van der Waals surface area contributed by atoms with Crippen molar-refractivity contribution in [3.8, 4) is 0 Å². The number of hydrogen-bond acceptors (Lipinski definition) is 0. The summed E-state index contributed by atoms with van der Waals surface area (Å²) in [6, 6.07) is 0. The Balaban J connectivity index is -0.000000163. The van der Waals surface area contributed by atoms with Gasteiger partial charge in [0.25, 0.3) is 0 Å². The molecule has 0 bridgehead atoms. The number of allylic oxidation sites excluding steroid dienone is 8. The second-order valence-corrected chi connectivity index (χ2v) is 2.65. The molecule has 112 valence electrons. The molecule has 19 heavy (non-hydrogen) atoms. The van der Waals surface area contributed by atoms with E-state index in [0.29, 0.717) is 0 Å². The molecule has 0 spiro atoms. The molecule has 0 aromatic rings. The maximum atomic E-state index is 3.78. The first-order chi connectivity index (χ1) is 9.29. The van der Waals surface area contributed by atoms with E-state index in [1.54, 1.807) is 6.08 Å². The highest BCUT2D eigenvalue weighted by Crippen LogP contribution is 2.15. The number of rotatable bonds is 5. The van der Waals surface area contributed by atoms with Gasteiger partial charge < -0.3 is 0 Å². The fourth-order valence-corrected chi connectivity index (χ4v) is 1.08. The molecule has 0 N–H and O–H groups in total. The lowest BCUT2D eigenvalue weighted by atomic mass is 10.0. The molecule has 0 atom stereocenters. The fraction of sp³-hybridized carbons (Fsp3) is 0.474. The predicted molar refractivity (Wildman–Crippen MR) is 95.7 cm³/mol. The SMILES string of the molecule is C=C/C=C(C=C)\C(=C/C)CC=CC.CC.CC.CC. The summed E-state index contributed by atoms with van der Waals surface area (Å²) < 4.78 is 0. The molecule has 0 aliphatic heterocycles. The van der Waals surface area contributed by atoms with Crippen molar-refractivity contribution in [2.24, 2.45) is 0 Å². The largest absolute Gasteiger partial charge is 0.0990 e. The Morgan fingerprint density at radius 3 is 1.63 bits per heavy atom. The fourth-order valence-electron chi connectivity index (χ4n) is 1.08. The van der Waals surface area contributed by atoms with Gasteiger partial charge in [-0.2, -0.15) is 0 Å². The van der Waals surface area contributed by atoms with Crippen LogP contribution in [0.25, 0.3) is 0 Å². The molecule has 0 saturated heterocycles. The van der Waals surface area contributed by atoms with Gasteiger partial charge >= 0.3 is 0 Å². The molecular formula is C19H36. The second kappa shape index (κ2) is 30.1. The molecule has 0 fully saturated rings. The third-order valence-corrected chi connectivity index (χ3v) is 1.81. The van der Waals surface area contributed by atoms with Crippen LogP contribution >= 0.6 is 0 Å². The van der Waals surface area contributed by atoms with Crippen LogP contribution in [0, 0.1) is 0 Å². The van der Waals surface area contributed by atoms with Gasteiger partial charge in [-0.3, -0.25) is 0 Å². The van der Waals surface area contributed by atoms with Crippen molar-refractivity contribution in [3.63, 3.8) is 0 Å². The summed E-state index contributed by atoms with van der Waals surface area (Å²) in [5, 5.41) is 0. The van der Waals surface area contributed by atoms with E-state index >= 15 is 0 Å². The Kier molecular flexibility index (Phi) is 41.6. The molecule has 0 heteroatoms. The smallest absolute Gasteiger partial charge is 0.00949 e. The summed E-state index contributed by atoms with van der Waals surface area (Å²) in [5.74, 6) is 0. The van der Waals surface area contributed by atoms with Crippen LogP contribution in [0.5, 0.6) is 0 Å². The van der Waals surface area contributed by atoms with E-state index in [-0.39, 0.29) is 0 Å². The van der Waals surface area contributed by atoms with Crippen LogP contribution in [-0.2, 0) is 0 Å². The molecule has 0 aromatic carbocycles. The van der Waals surface area contributed by atoms with Gasteiger partial charge in [0.05, 0.1) is 0 Å². The van der Waals surface area contributed by atoms with E-state index in [0.717, 1.165) is 12.0 Å². The average molecular weight is 264 g/mol. The van der Waals surface area contributed by atoms with Gasteiger partial charge in [0.1, 0.15) is 0 Å². The van der Waals surface area contributed by atoms with E-state index in [2.05, 4.69) is 31.4 Å².